The predicted octanol–water partition coefficient (Wildman–Crippen LogP) is 3.63. The van der Waals surface area contributed by atoms with Gasteiger partial charge in [-0.25, -0.2) is 9.67 Å². The Morgan fingerprint density at radius 2 is 2.04 bits per heavy atom. The van der Waals surface area contributed by atoms with Crippen LogP contribution < -0.4 is 0 Å². The molecular weight excluding hydrogens is 284 g/mol. The third-order valence-corrected chi connectivity index (χ3v) is 4.24. The summed E-state index contributed by atoms with van der Waals surface area (Å²) >= 11 is 0. The minimum absolute atomic E-state index is 0.568. The van der Waals surface area contributed by atoms with E-state index in [4.69, 9.17) is 10.1 Å². The lowest BCUT2D eigenvalue weighted by molar-refractivity contribution is 0.763. The fourth-order valence-electron chi connectivity index (χ4n) is 2.81. The molecule has 0 spiro atoms. The topological polar surface area (TPSA) is 43.6 Å². The van der Waals surface area contributed by atoms with Gasteiger partial charge in [-0.3, -0.25) is 4.98 Å². The minimum atomic E-state index is 0.568. The van der Waals surface area contributed by atoms with E-state index in [1.165, 1.54) is 24.0 Å². The van der Waals surface area contributed by atoms with Gasteiger partial charge in [-0.2, -0.15) is 5.10 Å². The van der Waals surface area contributed by atoms with Crippen molar-refractivity contribution in [3.05, 3.63) is 71.6 Å². The van der Waals surface area contributed by atoms with Crippen molar-refractivity contribution in [3.63, 3.8) is 0 Å². The molecule has 0 radical (unpaired) electrons. The van der Waals surface area contributed by atoms with Gasteiger partial charge in [-0.15, -0.1) is 0 Å². The van der Waals surface area contributed by atoms with Gasteiger partial charge < -0.3 is 0 Å². The minimum Gasteiger partial charge on any atom is -0.264 e. The summed E-state index contributed by atoms with van der Waals surface area (Å²) in [7, 11) is 0. The third kappa shape index (κ3) is 3.16. The van der Waals surface area contributed by atoms with Crippen molar-refractivity contribution < 1.29 is 0 Å². The SMILES string of the molecule is Cc1cccc(-n2nc(C3CC3)nc2CCc2cccnc2)c1. The van der Waals surface area contributed by atoms with E-state index in [1.807, 2.05) is 23.1 Å². The molecule has 0 N–H and O–H groups in total. The number of hydrogen-bond donors (Lipinski definition) is 0. The van der Waals surface area contributed by atoms with Gasteiger partial charge >= 0.3 is 0 Å². The van der Waals surface area contributed by atoms with Crippen molar-refractivity contribution in [1.29, 1.82) is 0 Å². The Morgan fingerprint density at radius 1 is 1.13 bits per heavy atom. The van der Waals surface area contributed by atoms with E-state index >= 15 is 0 Å². The van der Waals surface area contributed by atoms with Crippen LogP contribution in [-0.4, -0.2) is 19.7 Å². The molecule has 4 nitrogen and oxygen atoms in total. The normalized spacial score (nSPS) is 14.1. The molecule has 0 unspecified atom stereocenters. The molecule has 23 heavy (non-hydrogen) atoms. The highest BCUT2D eigenvalue weighted by Crippen LogP contribution is 2.38. The van der Waals surface area contributed by atoms with Crippen LogP contribution in [0.15, 0.2) is 48.8 Å². The summed E-state index contributed by atoms with van der Waals surface area (Å²) in [5.74, 6) is 2.62. The fraction of sp³-hybridized carbons (Fsp3) is 0.316. The molecule has 116 valence electrons. The van der Waals surface area contributed by atoms with Gasteiger partial charge in [-0.1, -0.05) is 18.2 Å². The van der Waals surface area contributed by atoms with Crippen LogP contribution in [0.3, 0.4) is 0 Å². The van der Waals surface area contributed by atoms with E-state index in [1.54, 1.807) is 0 Å². The monoisotopic (exact) mass is 304 g/mol. The second-order valence-electron chi connectivity index (χ2n) is 6.27. The number of aromatic nitrogens is 4. The Bertz CT molecular complexity index is 803. The molecule has 4 rings (SSSR count). The van der Waals surface area contributed by atoms with E-state index in [-0.39, 0.29) is 0 Å². The Labute approximate surface area is 136 Å². The molecule has 1 fully saturated rings. The zero-order chi connectivity index (χ0) is 15.6. The van der Waals surface area contributed by atoms with Crippen molar-refractivity contribution in [3.8, 4) is 5.69 Å². The fourth-order valence-corrected chi connectivity index (χ4v) is 2.81. The van der Waals surface area contributed by atoms with Gasteiger partial charge in [0.05, 0.1) is 5.69 Å². The number of rotatable bonds is 5. The average Bonchev–Trinajstić information content (AvgIpc) is 3.34. The van der Waals surface area contributed by atoms with E-state index in [0.717, 1.165) is 30.2 Å². The number of aryl methyl sites for hydroxylation is 3. The van der Waals surface area contributed by atoms with Crippen LogP contribution in [0, 0.1) is 6.92 Å². The Morgan fingerprint density at radius 3 is 2.78 bits per heavy atom. The van der Waals surface area contributed by atoms with E-state index in [0.29, 0.717) is 5.92 Å². The van der Waals surface area contributed by atoms with Gasteiger partial charge in [-0.05, 0) is 55.5 Å². The number of benzene rings is 1. The summed E-state index contributed by atoms with van der Waals surface area (Å²) in [6.45, 7) is 2.11. The molecule has 1 saturated carbocycles. The summed E-state index contributed by atoms with van der Waals surface area (Å²) in [5.41, 5.74) is 3.58. The number of nitrogens with zero attached hydrogens (tertiary/aromatic N) is 4. The van der Waals surface area contributed by atoms with Gasteiger partial charge in [0.1, 0.15) is 5.82 Å². The quantitative estimate of drug-likeness (QED) is 0.723. The Balaban J connectivity index is 1.64. The number of hydrogen-bond acceptors (Lipinski definition) is 3. The van der Waals surface area contributed by atoms with Gasteiger partial charge in [0, 0.05) is 24.7 Å². The molecule has 1 aliphatic rings. The molecule has 2 heterocycles. The van der Waals surface area contributed by atoms with E-state index in [9.17, 15) is 0 Å². The first-order chi connectivity index (χ1) is 11.3. The lowest BCUT2D eigenvalue weighted by Gasteiger charge is -2.06. The van der Waals surface area contributed by atoms with Gasteiger partial charge in [0.15, 0.2) is 5.82 Å². The Kier molecular flexibility index (Phi) is 3.66. The molecule has 1 aliphatic carbocycles. The third-order valence-electron chi connectivity index (χ3n) is 4.24. The highest BCUT2D eigenvalue weighted by atomic mass is 15.4. The lowest BCUT2D eigenvalue weighted by atomic mass is 10.1. The van der Waals surface area contributed by atoms with Crippen LogP contribution in [0.25, 0.3) is 5.69 Å². The maximum atomic E-state index is 4.82. The van der Waals surface area contributed by atoms with Crippen LogP contribution in [0.4, 0.5) is 0 Å². The van der Waals surface area contributed by atoms with Crippen molar-refractivity contribution >= 4 is 0 Å². The molecular formula is C19H20N4. The molecule has 0 saturated heterocycles. The molecule has 0 amide bonds. The molecule has 0 atom stereocenters. The van der Waals surface area contributed by atoms with Crippen LogP contribution in [0.5, 0.6) is 0 Å². The lowest BCUT2D eigenvalue weighted by Crippen LogP contribution is -2.05. The first-order valence-corrected chi connectivity index (χ1v) is 8.21. The summed E-state index contributed by atoms with van der Waals surface area (Å²) in [6, 6.07) is 12.6. The first-order valence-electron chi connectivity index (χ1n) is 8.21. The summed E-state index contributed by atoms with van der Waals surface area (Å²) in [4.78, 5) is 9.01. The predicted molar refractivity (Wildman–Crippen MR) is 89.7 cm³/mol. The highest BCUT2D eigenvalue weighted by Gasteiger charge is 2.29. The largest absolute Gasteiger partial charge is 0.264 e. The smallest absolute Gasteiger partial charge is 0.154 e. The molecule has 0 bridgehead atoms. The van der Waals surface area contributed by atoms with Gasteiger partial charge in [0.2, 0.25) is 0 Å². The molecule has 1 aromatic carbocycles. The second kappa shape index (κ2) is 5.95. The van der Waals surface area contributed by atoms with Crippen molar-refractivity contribution in [2.24, 2.45) is 0 Å². The van der Waals surface area contributed by atoms with Crippen molar-refractivity contribution in [1.82, 2.24) is 19.7 Å². The zero-order valence-electron chi connectivity index (χ0n) is 13.3. The molecule has 4 heteroatoms. The highest BCUT2D eigenvalue weighted by molar-refractivity contribution is 5.35. The number of pyridine rings is 1. The zero-order valence-corrected chi connectivity index (χ0v) is 13.3. The van der Waals surface area contributed by atoms with Gasteiger partial charge in [0.25, 0.3) is 0 Å². The molecule has 3 aromatic rings. The Hall–Kier alpha value is -2.49. The first kappa shape index (κ1) is 14.1. The van der Waals surface area contributed by atoms with Crippen LogP contribution in [0.1, 0.15) is 41.5 Å². The summed E-state index contributed by atoms with van der Waals surface area (Å²) < 4.78 is 2.02. The summed E-state index contributed by atoms with van der Waals surface area (Å²) in [6.07, 6.45) is 7.99. The average molecular weight is 304 g/mol. The van der Waals surface area contributed by atoms with Crippen LogP contribution in [0.2, 0.25) is 0 Å². The maximum Gasteiger partial charge on any atom is 0.154 e. The second-order valence-corrected chi connectivity index (χ2v) is 6.27. The van der Waals surface area contributed by atoms with Crippen LogP contribution in [-0.2, 0) is 12.8 Å². The van der Waals surface area contributed by atoms with Crippen molar-refractivity contribution in [2.45, 2.75) is 38.5 Å². The summed E-state index contributed by atoms with van der Waals surface area (Å²) in [5, 5.41) is 4.79. The molecule has 0 aliphatic heterocycles. The molecule has 2 aromatic heterocycles. The standard InChI is InChI=1S/C19H20N4/c1-14-4-2-6-17(12-14)23-18(21-19(22-23)16-8-9-16)10-7-15-5-3-11-20-13-15/h2-6,11-13,16H,7-10H2,1H3. The van der Waals surface area contributed by atoms with E-state index < -0.39 is 0 Å². The maximum absolute atomic E-state index is 4.82. The van der Waals surface area contributed by atoms with Crippen LogP contribution >= 0.6 is 0 Å². The van der Waals surface area contributed by atoms with Crippen molar-refractivity contribution in [2.75, 3.05) is 0 Å². The van der Waals surface area contributed by atoms with E-state index in [2.05, 4.69) is 42.2 Å².